The van der Waals surface area contributed by atoms with Gasteiger partial charge in [0.05, 0.1) is 29.0 Å². The highest BCUT2D eigenvalue weighted by Gasteiger charge is 2.16. The van der Waals surface area contributed by atoms with Crippen molar-refractivity contribution in [3.05, 3.63) is 102 Å². The summed E-state index contributed by atoms with van der Waals surface area (Å²) in [6.07, 6.45) is 1.28. The third-order valence-electron chi connectivity index (χ3n) is 5.38. The quantitative estimate of drug-likeness (QED) is 0.308. The molecular weight excluding hydrogens is 505 g/mol. The SMILES string of the molecule is CCS(=O)(=O)c1ccc(CC(=O)Nc2cnc(-c3ccc(F)c(F)c3)c(Oc3cccc(F)c3)c2)cc1. The molecular formula is C27H21F3N2O4S. The zero-order valence-corrected chi connectivity index (χ0v) is 20.4. The van der Waals surface area contributed by atoms with Gasteiger partial charge in [0.25, 0.3) is 0 Å². The Kier molecular flexibility index (Phi) is 7.58. The maximum absolute atomic E-state index is 13.9. The van der Waals surface area contributed by atoms with E-state index in [2.05, 4.69) is 10.3 Å². The van der Waals surface area contributed by atoms with Crippen molar-refractivity contribution in [2.45, 2.75) is 18.2 Å². The molecule has 1 amide bonds. The molecule has 0 saturated heterocycles. The van der Waals surface area contributed by atoms with E-state index >= 15 is 0 Å². The summed E-state index contributed by atoms with van der Waals surface area (Å²) in [5.74, 6) is -2.88. The Hall–Kier alpha value is -4.18. The average molecular weight is 527 g/mol. The van der Waals surface area contributed by atoms with E-state index in [0.717, 1.165) is 18.2 Å². The summed E-state index contributed by atoms with van der Waals surface area (Å²) in [7, 11) is -3.35. The predicted octanol–water partition coefficient (Wildman–Crippen LogP) is 5.93. The van der Waals surface area contributed by atoms with E-state index in [1.54, 1.807) is 19.1 Å². The summed E-state index contributed by atoms with van der Waals surface area (Å²) in [6.45, 7) is 1.55. The lowest BCUT2D eigenvalue weighted by atomic mass is 10.1. The van der Waals surface area contributed by atoms with Gasteiger partial charge in [0.2, 0.25) is 5.91 Å². The van der Waals surface area contributed by atoms with Crippen molar-refractivity contribution in [2.75, 3.05) is 11.1 Å². The number of nitrogens with zero attached hydrogens (tertiary/aromatic N) is 1. The number of aromatic nitrogens is 1. The maximum atomic E-state index is 13.9. The maximum Gasteiger partial charge on any atom is 0.228 e. The lowest BCUT2D eigenvalue weighted by Gasteiger charge is -2.13. The van der Waals surface area contributed by atoms with Gasteiger partial charge in [-0.1, -0.05) is 25.1 Å². The van der Waals surface area contributed by atoms with Crippen molar-refractivity contribution >= 4 is 21.4 Å². The van der Waals surface area contributed by atoms with Gasteiger partial charge in [-0.3, -0.25) is 9.78 Å². The number of anilines is 1. The molecule has 190 valence electrons. The number of pyridine rings is 1. The van der Waals surface area contributed by atoms with Crippen LogP contribution in [0.1, 0.15) is 12.5 Å². The first kappa shape index (κ1) is 25.9. The Labute approximate surface area is 211 Å². The fourth-order valence-corrected chi connectivity index (χ4v) is 4.36. The zero-order valence-electron chi connectivity index (χ0n) is 19.5. The van der Waals surface area contributed by atoms with Crippen LogP contribution in [0.15, 0.2) is 83.9 Å². The van der Waals surface area contributed by atoms with Crippen LogP contribution < -0.4 is 10.1 Å². The van der Waals surface area contributed by atoms with Crippen LogP contribution in [-0.4, -0.2) is 25.1 Å². The van der Waals surface area contributed by atoms with E-state index in [1.165, 1.54) is 48.7 Å². The molecule has 0 bridgehead atoms. The molecule has 0 aliphatic rings. The highest BCUT2D eigenvalue weighted by molar-refractivity contribution is 7.91. The van der Waals surface area contributed by atoms with Crippen LogP contribution in [0, 0.1) is 17.5 Å². The molecule has 0 spiro atoms. The third kappa shape index (κ3) is 6.34. The fraction of sp³-hybridized carbons (Fsp3) is 0.111. The van der Waals surface area contributed by atoms with Crippen LogP contribution >= 0.6 is 0 Å². The molecule has 0 aliphatic heterocycles. The Balaban J connectivity index is 1.58. The van der Waals surface area contributed by atoms with Crippen LogP contribution in [-0.2, 0) is 21.1 Å². The van der Waals surface area contributed by atoms with Gasteiger partial charge in [-0.2, -0.15) is 0 Å². The molecule has 6 nitrogen and oxygen atoms in total. The van der Waals surface area contributed by atoms with Gasteiger partial charge in [-0.15, -0.1) is 0 Å². The van der Waals surface area contributed by atoms with Crippen LogP contribution in [0.5, 0.6) is 11.5 Å². The second-order valence-electron chi connectivity index (χ2n) is 8.03. The number of halogens is 3. The molecule has 0 radical (unpaired) electrons. The summed E-state index contributed by atoms with van der Waals surface area (Å²) >= 11 is 0. The Morgan fingerprint density at radius 2 is 1.70 bits per heavy atom. The monoisotopic (exact) mass is 526 g/mol. The Morgan fingerprint density at radius 3 is 2.38 bits per heavy atom. The van der Waals surface area contributed by atoms with E-state index in [4.69, 9.17) is 4.74 Å². The van der Waals surface area contributed by atoms with Crippen molar-refractivity contribution in [1.82, 2.24) is 4.98 Å². The number of nitrogens with one attached hydrogen (secondary N) is 1. The first-order valence-electron chi connectivity index (χ1n) is 11.1. The van der Waals surface area contributed by atoms with Gasteiger partial charge in [-0.05, 0) is 48.0 Å². The van der Waals surface area contributed by atoms with E-state index in [0.29, 0.717) is 5.56 Å². The van der Waals surface area contributed by atoms with Crippen molar-refractivity contribution in [2.24, 2.45) is 0 Å². The molecule has 4 aromatic rings. The van der Waals surface area contributed by atoms with E-state index in [1.807, 2.05) is 0 Å². The number of hydrogen-bond donors (Lipinski definition) is 1. The van der Waals surface area contributed by atoms with Crippen LogP contribution in [0.25, 0.3) is 11.3 Å². The van der Waals surface area contributed by atoms with Gasteiger partial charge < -0.3 is 10.1 Å². The van der Waals surface area contributed by atoms with Crippen molar-refractivity contribution < 1.29 is 31.1 Å². The molecule has 4 rings (SSSR count). The van der Waals surface area contributed by atoms with Gasteiger partial charge >= 0.3 is 0 Å². The summed E-state index contributed by atoms with van der Waals surface area (Å²) in [6, 6.07) is 16.0. The molecule has 1 aromatic heterocycles. The molecule has 1 N–H and O–H groups in total. The molecule has 0 unspecified atom stereocenters. The van der Waals surface area contributed by atoms with E-state index < -0.39 is 33.2 Å². The normalized spacial score (nSPS) is 11.2. The Bertz CT molecular complexity index is 1560. The summed E-state index contributed by atoms with van der Waals surface area (Å²) in [4.78, 5) is 17.1. The molecule has 0 aliphatic carbocycles. The third-order valence-corrected chi connectivity index (χ3v) is 7.13. The molecule has 1 heterocycles. The van der Waals surface area contributed by atoms with Crippen LogP contribution in [0.4, 0.5) is 18.9 Å². The first-order valence-corrected chi connectivity index (χ1v) is 12.8. The minimum absolute atomic E-state index is 0.0274. The molecule has 0 fully saturated rings. The smallest absolute Gasteiger partial charge is 0.228 e. The fourth-order valence-electron chi connectivity index (χ4n) is 3.48. The second kappa shape index (κ2) is 10.8. The number of carbonyl (C=O) groups excluding carboxylic acids is 1. The minimum Gasteiger partial charge on any atom is -0.455 e. The number of rotatable bonds is 8. The largest absolute Gasteiger partial charge is 0.455 e. The first-order chi connectivity index (χ1) is 17.6. The van der Waals surface area contributed by atoms with E-state index in [-0.39, 0.29) is 45.5 Å². The van der Waals surface area contributed by atoms with Gasteiger partial charge in [0.1, 0.15) is 17.3 Å². The molecule has 37 heavy (non-hydrogen) atoms. The summed E-state index contributed by atoms with van der Waals surface area (Å²) in [5, 5.41) is 2.68. The van der Waals surface area contributed by atoms with Crippen molar-refractivity contribution in [3.63, 3.8) is 0 Å². The number of hydrogen-bond acceptors (Lipinski definition) is 5. The van der Waals surface area contributed by atoms with E-state index in [9.17, 15) is 26.4 Å². The van der Waals surface area contributed by atoms with Gasteiger partial charge in [-0.25, -0.2) is 21.6 Å². The lowest BCUT2D eigenvalue weighted by molar-refractivity contribution is -0.115. The number of benzene rings is 3. The highest BCUT2D eigenvalue weighted by atomic mass is 32.2. The molecule has 10 heteroatoms. The lowest BCUT2D eigenvalue weighted by Crippen LogP contribution is -2.15. The molecule has 0 atom stereocenters. The summed E-state index contributed by atoms with van der Waals surface area (Å²) < 4.78 is 70.7. The zero-order chi connectivity index (χ0) is 26.6. The van der Waals surface area contributed by atoms with Crippen molar-refractivity contribution in [1.29, 1.82) is 0 Å². The predicted molar refractivity (Wildman–Crippen MR) is 133 cm³/mol. The highest BCUT2D eigenvalue weighted by Crippen LogP contribution is 2.34. The average Bonchev–Trinajstić information content (AvgIpc) is 2.86. The molecule has 0 saturated carbocycles. The number of carbonyl (C=O) groups is 1. The van der Waals surface area contributed by atoms with Crippen LogP contribution in [0.2, 0.25) is 0 Å². The Morgan fingerprint density at radius 1 is 0.946 bits per heavy atom. The topological polar surface area (TPSA) is 85.4 Å². The number of ether oxygens (including phenoxy) is 1. The minimum atomic E-state index is -3.35. The summed E-state index contributed by atoms with van der Waals surface area (Å²) in [5.41, 5.74) is 1.20. The second-order valence-corrected chi connectivity index (χ2v) is 10.3. The number of amides is 1. The van der Waals surface area contributed by atoms with Crippen LogP contribution in [0.3, 0.4) is 0 Å². The van der Waals surface area contributed by atoms with Crippen molar-refractivity contribution in [3.8, 4) is 22.8 Å². The standard InChI is InChI=1S/C27H21F3N2O4S/c1-2-37(34,35)22-9-6-17(7-10-22)12-26(33)32-20-15-25(36-21-5-3-4-19(28)14-21)27(31-16-20)18-8-11-23(29)24(30)13-18/h3-11,13-16H,2,12H2,1H3,(H,32,33). The van der Waals surface area contributed by atoms with Gasteiger partial charge in [0, 0.05) is 17.7 Å². The number of sulfone groups is 1. The molecule has 3 aromatic carbocycles. The van der Waals surface area contributed by atoms with Gasteiger partial charge in [0.15, 0.2) is 27.2 Å².